The minimum atomic E-state index is 1.09. The molecular weight excluding hydrogens is 197 g/mol. The SMILES string of the molecule is [As]N1CCc2ccccc2C1. The third-order valence-electron chi connectivity index (χ3n) is 2.11. The van der Waals surface area contributed by atoms with Crippen molar-refractivity contribution in [1.82, 2.24) is 3.82 Å². The summed E-state index contributed by atoms with van der Waals surface area (Å²) in [5.41, 5.74) is 3.01. The van der Waals surface area contributed by atoms with Gasteiger partial charge in [0.1, 0.15) is 0 Å². The summed E-state index contributed by atoms with van der Waals surface area (Å²) in [5, 5.41) is 0. The maximum absolute atomic E-state index is 2.61. The van der Waals surface area contributed by atoms with Crippen LogP contribution in [0.1, 0.15) is 11.1 Å². The van der Waals surface area contributed by atoms with Crippen LogP contribution in [0.15, 0.2) is 24.3 Å². The topological polar surface area (TPSA) is 3.24 Å². The summed E-state index contributed by atoms with van der Waals surface area (Å²) in [6, 6.07) is 8.69. The molecule has 2 radical (unpaired) electrons. The van der Waals surface area contributed by atoms with E-state index in [1.807, 2.05) is 0 Å². The first kappa shape index (κ1) is 7.39. The molecule has 1 nitrogen and oxygen atoms in total. The van der Waals surface area contributed by atoms with E-state index >= 15 is 0 Å². The van der Waals surface area contributed by atoms with Gasteiger partial charge in [-0.25, -0.2) is 0 Å². The summed E-state index contributed by atoms with van der Waals surface area (Å²) in [4.78, 5) is 0. The van der Waals surface area contributed by atoms with Gasteiger partial charge in [0.25, 0.3) is 0 Å². The fraction of sp³-hybridized carbons (Fsp3) is 0.333. The van der Waals surface area contributed by atoms with Crippen molar-refractivity contribution in [3.8, 4) is 0 Å². The quantitative estimate of drug-likeness (QED) is 0.576. The molecule has 1 heterocycles. The van der Waals surface area contributed by atoms with Gasteiger partial charge in [0.05, 0.1) is 0 Å². The molecule has 0 atom stereocenters. The molecule has 1 aliphatic rings. The van der Waals surface area contributed by atoms with E-state index in [9.17, 15) is 0 Å². The van der Waals surface area contributed by atoms with Gasteiger partial charge < -0.3 is 0 Å². The van der Waals surface area contributed by atoms with Gasteiger partial charge in [0, 0.05) is 0 Å². The van der Waals surface area contributed by atoms with Crippen LogP contribution in [0.2, 0.25) is 0 Å². The van der Waals surface area contributed by atoms with E-state index in [1.165, 1.54) is 24.1 Å². The zero-order valence-corrected chi connectivity index (χ0v) is 8.20. The second-order valence-electron chi connectivity index (χ2n) is 2.91. The normalized spacial score (nSPS) is 17.9. The number of rotatable bonds is 0. The Morgan fingerprint density at radius 1 is 1.18 bits per heavy atom. The van der Waals surface area contributed by atoms with Crippen LogP contribution >= 0.6 is 0 Å². The molecule has 0 spiro atoms. The first-order valence-electron chi connectivity index (χ1n) is 3.87. The summed E-state index contributed by atoms with van der Waals surface area (Å²) >= 11 is 2.61. The van der Waals surface area contributed by atoms with E-state index in [-0.39, 0.29) is 0 Å². The monoisotopic (exact) mass is 207 g/mol. The van der Waals surface area contributed by atoms with Gasteiger partial charge >= 0.3 is 75.8 Å². The number of fused-ring (bicyclic) bond motifs is 1. The van der Waals surface area contributed by atoms with Gasteiger partial charge in [0.15, 0.2) is 0 Å². The molecule has 0 fully saturated rings. The molecule has 0 N–H and O–H groups in total. The maximum atomic E-state index is 2.61. The van der Waals surface area contributed by atoms with Crippen molar-refractivity contribution < 1.29 is 0 Å². The Morgan fingerprint density at radius 3 is 2.73 bits per heavy atom. The Labute approximate surface area is 76.1 Å². The molecule has 0 unspecified atom stereocenters. The van der Waals surface area contributed by atoms with Crippen molar-refractivity contribution in [2.75, 3.05) is 6.54 Å². The number of hydrogen-bond donors (Lipinski definition) is 0. The molecule has 0 amide bonds. The Kier molecular flexibility index (Phi) is 2.02. The van der Waals surface area contributed by atoms with E-state index in [0.717, 1.165) is 6.54 Å². The molecule has 11 heavy (non-hydrogen) atoms. The molecule has 56 valence electrons. The molecular formula is C9H10AsN. The second-order valence-corrected chi connectivity index (χ2v) is 4.09. The van der Waals surface area contributed by atoms with Crippen molar-refractivity contribution in [2.24, 2.45) is 0 Å². The Balaban J connectivity index is 2.34. The van der Waals surface area contributed by atoms with Gasteiger partial charge in [-0.2, -0.15) is 0 Å². The van der Waals surface area contributed by atoms with Gasteiger partial charge in [0.2, 0.25) is 0 Å². The van der Waals surface area contributed by atoms with Crippen molar-refractivity contribution in [3.63, 3.8) is 0 Å². The van der Waals surface area contributed by atoms with Crippen LogP contribution < -0.4 is 0 Å². The van der Waals surface area contributed by atoms with Crippen LogP contribution in [0.25, 0.3) is 0 Å². The van der Waals surface area contributed by atoms with Crippen LogP contribution in [0, 0.1) is 0 Å². The van der Waals surface area contributed by atoms with Gasteiger partial charge in [-0.15, -0.1) is 0 Å². The zero-order chi connectivity index (χ0) is 7.68. The average molecular weight is 207 g/mol. The zero-order valence-electron chi connectivity index (χ0n) is 6.33. The van der Waals surface area contributed by atoms with Crippen LogP contribution in [0.3, 0.4) is 0 Å². The van der Waals surface area contributed by atoms with Crippen molar-refractivity contribution in [1.29, 1.82) is 0 Å². The third-order valence-corrected chi connectivity index (χ3v) is 2.83. The van der Waals surface area contributed by atoms with Gasteiger partial charge in [-0.1, -0.05) is 0 Å². The Hall–Kier alpha value is -0.262. The first-order chi connectivity index (χ1) is 5.36. The number of benzene rings is 1. The summed E-state index contributed by atoms with van der Waals surface area (Å²) in [6.07, 6.45) is 1.20. The molecule has 1 aromatic carbocycles. The van der Waals surface area contributed by atoms with Crippen molar-refractivity contribution in [3.05, 3.63) is 35.4 Å². The van der Waals surface area contributed by atoms with Crippen LogP contribution in [0.5, 0.6) is 0 Å². The Bertz CT molecular complexity index is 259. The molecule has 0 aromatic heterocycles. The van der Waals surface area contributed by atoms with E-state index in [1.54, 1.807) is 0 Å². The fourth-order valence-electron chi connectivity index (χ4n) is 1.48. The average Bonchev–Trinajstić information content (AvgIpc) is 2.04. The molecule has 2 rings (SSSR count). The predicted octanol–water partition coefficient (Wildman–Crippen LogP) is 1.13. The minimum absolute atomic E-state index is 1.09. The van der Waals surface area contributed by atoms with E-state index < -0.39 is 0 Å². The molecule has 0 bridgehead atoms. The number of nitrogens with zero attached hydrogens (tertiary/aromatic N) is 1. The van der Waals surface area contributed by atoms with Crippen LogP contribution in [-0.4, -0.2) is 27.4 Å². The summed E-state index contributed by atoms with van der Waals surface area (Å²) in [6.45, 7) is 2.27. The van der Waals surface area contributed by atoms with E-state index in [0.29, 0.717) is 0 Å². The van der Waals surface area contributed by atoms with Crippen LogP contribution in [0.4, 0.5) is 0 Å². The molecule has 1 aromatic rings. The van der Waals surface area contributed by atoms with Gasteiger partial charge in [-0.3, -0.25) is 0 Å². The number of hydrogen-bond acceptors (Lipinski definition) is 1. The molecule has 2 heteroatoms. The summed E-state index contributed by atoms with van der Waals surface area (Å²) in [5.74, 6) is 0. The predicted molar refractivity (Wildman–Crippen MR) is 46.3 cm³/mol. The Morgan fingerprint density at radius 2 is 1.91 bits per heavy atom. The summed E-state index contributed by atoms with van der Waals surface area (Å²) < 4.78 is 2.30. The molecule has 0 aliphatic carbocycles. The van der Waals surface area contributed by atoms with E-state index in [4.69, 9.17) is 0 Å². The molecule has 0 saturated carbocycles. The summed E-state index contributed by atoms with van der Waals surface area (Å²) in [7, 11) is 0. The fourth-order valence-corrected chi connectivity index (χ4v) is 2.01. The van der Waals surface area contributed by atoms with Crippen molar-refractivity contribution >= 4 is 17.1 Å². The third kappa shape index (κ3) is 1.50. The van der Waals surface area contributed by atoms with Crippen molar-refractivity contribution in [2.45, 2.75) is 13.0 Å². The first-order valence-corrected chi connectivity index (χ1v) is 4.71. The van der Waals surface area contributed by atoms with Crippen LogP contribution in [-0.2, 0) is 13.0 Å². The van der Waals surface area contributed by atoms with E-state index in [2.05, 4.69) is 45.2 Å². The van der Waals surface area contributed by atoms with Gasteiger partial charge in [-0.05, 0) is 0 Å². The standard InChI is InChI=1S/C9H10AsN/c10-11-6-5-8-3-1-2-4-9(8)7-11/h1-4H,5-7H2. The molecule has 1 aliphatic heterocycles. The molecule has 0 saturated heterocycles. The second kappa shape index (κ2) is 3.00.